The molecule has 0 bridgehead atoms. The lowest BCUT2D eigenvalue weighted by Gasteiger charge is -2.36. The van der Waals surface area contributed by atoms with Crippen molar-refractivity contribution in [3.63, 3.8) is 0 Å². The standard InChI is InChI=1S/C17H26N2O4/c1-4-16(17(20)21)19-7-5-6-12(11-19)18-13-8-14(22-2)10-15(9-13)23-3/h8-10,12,16,18H,4-7,11H2,1-3H3,(H,20,21)/t12-,16+/m1/s1. The predicted molar refractivity (Wildman–Crippen MR) is 89.5 cm³/mol. The van der Waals surface area contributed by atoms with Gasteiger partial charge < -0.3 is 19.9 Å². The Balaban J connectivity index is 2.06. The van der Waals surface area contributed by atoms with E-state index in [1.807, 2.05) is 25.1 Å². The number of nitrogens with zero attached hydrogens (tertiary/aromatic N) is 1. The molecule has 0 aromatic heterocycles. The first-order chi connectivity index (χ1) is 11.1. The third-order valence-electron chi connectivity index (χ3n) is 4.29. The lowest BCUT2D eigenvalue weighted by Crippen LogP contribution is -2.49. The minimum absolute atomic E-state index is 0.217. The van der Waals surface area contributed by atoms with Crippen LogP contribution in [-0.4, -0.2) is 55.4 Å². The van der Waals surface area contributed by atoms with Crippen molar-refractivity contribution in [3.05, 3.63) is 18.2 Å². The molecule has 1 aromatic carbocycles. The summed E-state index contributed by atoms with van der Waals surface area (Å²) in [7, 11) is 3.25. The number of ether oxygens (including phenoxy) is 2. The van der Waals surface area contributed by atoms with Crippen molar-refractivity contribution in [2.75, 3.05) is 32.6 Å². The minimum atomic E-state index is -0.740. The zero-order valence-electron chi connectivity index (χ0n) is 14.0. The first kappa shape index (κ1) is 17.4. The molecule has 2 N–H and O–H groups in total. The molecule has 0 radical (unpaired) electrons. The molecule has 0 aliphatic carbocycles. The van der Waals surface area contributed by atoms with Gasteiger partial charge in [-0.05, 0) is 25.8 Å². The van der Waals surface area contributed by atoms with Gasteiger partial charge >= 0.3 is 5.97 Å². The largest absolute Gasteiger partial charge is 0.497 e. The molecule has 0 spiro atoms. The zero-order chi connectivity index (χ0) is 16.8. The van der Waals surface area contributed by atoms with Crippen LogP contribution in [0.15, 0.2) is 18.2 Å². The molecule has 1 fully saturated rings. The maximum Gasteiger partial charge on any atom is 0.320 e. The van der Waals surface area contributed by atoms with E-state index in [9.17, 15) is 9.90 Å². The second-order valence-corrected chi connectivity index (χ2v) is 5.84. The molecule has 1 heterocycles. The number of nitrogens with one attached hydrogen (secondary N) is 1. The number of aliphatic carboxylic acids is 1. The monoisotopic (exact) mass is 322 g/mol. The quantitative estimate of drug-likeness (QED) is 0.803. The highest BCUT2D eigenvalue weighted by Crippen LogP contribution is 2.27. The summed E-state index contributed by atoms with van der Waals surface area (Å²) in [5, 5.41) is 12.8. The summed E-state index contributed by atoms with van der Waals surface area (Å²) >= 11 is 0. The van der Waals surface area contributed by atoms with Gasteiger partial charge in [-0.15, -0.1) is 0 Å². The van der Waals surface area contributed by atoms with Crippen molar-refractivity contribution in [1.29, 1.82) is 0 Å². The summed E-state index contributed by atoms with van der Waals surface area (Å²) in [5.74, 6) is 0.726. The number of hydrogen-bond donors (Lipinski definition) is 2. The third-order valence-corrected chi connectivity index (χ3v) is 4.29. The van der Waals surface area contributed by atoms with Crippen LogP contribution in [0.3, 0.4) is 0 Å². The normalized spacial score (nSPS) is 19.9. The zero-order valence-corrected chi connectivity index (χ0v) is 14.0. The van der Waals surface area contributed by atoms with Crippen molar-refractivity contribution in [2.45, 2.75) is 38.3 Å². The van der Waals surface area contributed by atoms with Crippen LogP contribution in [-0.2, 0) is 4.79 Å². The van der Waals surface area contributed by atoms with Gasteiger partial charge in [-0.3, -0.25) is 9.69 Å². The number of likely N-dealkylation sites (tertiary alicyclic amines) is 1. The summed E-state index contributed by atoms with van der Waals surface area (Å²) in [6, 6.07) is 5.50. The Labute approximate surface area is 137 Å². The van der Waals surface area contributed by atoms with Crippen LogP contribution in [0.4, 0.5) is 5.69 Å². The molecule has 1 aliphatic heterocycles. The molecule has 6 nitrogen and oxygen atoms in total. The van der Waals surface area contributed by atoms with E-state index >= 15 is 0 Å². The molecule has 6 heteroatoms. The SMILES string of the molecule is CC[C@@H](C(=O)O)N1CCC[C@@H](Nc2cc(OC)cc(OC)c2)C1. The van der Waals surface area contributed by atoms with Gasteiger partial charge in [-0.2, -0.15) is 0 Å². The Bertz CT molecular complexity index is 513. The number of rotatable bonds is 7. The van der Waals surface area contributed by atoms with E-state index in [2.05, 4.69) is 10.2 Å². The maximum atomic E-state index is 11.4. The van der Waals surface area contributed by atoms with Crippen molar-refractivity contribution in [1.82, 2.24) is 4.90 Å². The van der Waals surface area contributed by atoms with E-state index in [1.165, 1.54) is 0 Å². The Morgan fingerprint density at radius 1 is 1.35 bits per heavy atom. The van der Waals surface area contributed by atoms with Gasteiger partial charge in [0, 0.05) is 36.5 Å². The molecular formula is C17H26N2O4. The molecule has 23 heavy (non-hydrogen) atoms. The van der Waals surface area contributed by atoms with Crippen molar-refractivity contribution >= 4 is 11.7 Å². The molecule has 1 saturated heterocycles. The Morgan fingerprint density at radius 3 is 2.52 bits per heavy atom. The van der Waals surface area contributed by atoms with Crippen molar-refractivity contribution in [3.8, 4) is 11.5 Å². The minimum Gasteiger partial charge on any atom is -0.497 e. The van der Waals surface area contributed by atoms with Crippen LogP contribution in [0, 0.1) is 0 Å². The Hall–Kier alpha value is -1.95. The molecule has 2 rings (SSSR count). The Morgan fingerprint density at radius 2 is 2.00 bits per heavy atom. The molecule has 0 amide bonds. The number of hydrogen-bond acceptors (Lipinski definition) is 5. The molecule has 0 unspecified atom stereocenters. The van der Waals surface area contributed by atoms with E-state index in [4.69, 9.17) is 9.47 Å². The van der Waals surface area contributed by atoms with Crippen molar-refractivity contribution < 1.29 is 19.4 Å². The summed E-state index contributed by atoms with van der Waals surface area (Å²) < 4.78 is 10.6. The molecule has 0 saturated carbocycles. The fourth-order valence-corrected chi connectivity index (χ4v) is 3.12. The van der Waals surface area contributed by atoms with Crippen LogP contribution in [0.2, 0.25) is 0 Å². The van der Waals surface area contributed by atoms with Gasteiger partial charge in [-0.1, -0.05) is 6.92 Å². The van der Waals surface area contributed by atoms with Gasteiger partial charge in [0.2, 0.25) is 0 Å². The van der Waals surface area contributed by atoms with Gasteiger partial charge in [0.05, 0.1) is 14.2 Å². The first-order valence-electron chi connectivity index (χ1n) is 8.03. The number of anilines is 1. The number of methoxy groups -OCH3 is 2. The lowest BCUT2D eigenvalue weighted by molar-refractivity contribution is -0.143. The fraction of sp³-hybridized carbons (Fsp3) is 0.588. The van der Waals surface area contributed by atoms with Gasteiger partial charge in [0.15, 0.2) is 0 Å². The average Bonchev–Trinajstić information content (AvgIpc) is 2.55. The topological polar surface area (TPSA) is 71.0 Å². The van der Waals surface area contributed by atoms with Crippen LogP contribution in [0.25, 0.3) is 0 Å². The van der Waals surface area contributed by atoms with E-state index < -0.39 is 12.0 Å². The molecule has 1 aromatic rings. The number of piperidine rings is 1. The van der Waals surface area contributed by atoms with Gasteiger partial charge in [-0.25, -0.2) is 0 Å². The summed E-state index contributed by atoms with van der Waals surface area (Å²) in [6.07, 6.45) is 2.63. The van der Waals surface area contributed by atoms with E-state index in [-0.39, 0.29) is 6.04 Å². The summed E-state index contributed by atoms with van der Waals surface area (Å²) in [4.78, 5) is 13.4. The molecule has 128 valence electrons. The van der Waals surface area contributed by atoms with E-state index in [0.717, 1.165) is 43.1 Å². The number of carbonyl (C=O) groups is 1. The Kier molecular flexibility index (Phi) is 6.10. The van der Waals surface area contributed by atoms with Crippen molar-refractivity contribution in [2.24, 2.45) is 0 Å². The smallest absolute Gasteiger partial charge is 0.320 e. The predicted octanol–water partition coefficient (Wildman–Crippen LogP) is 2.44. The number of benzene rings is 1. The second-order valence-electron chi connectivity index (χ2n) is 5.84. The first-order valence-corrected chi connectivity index (χ1v) is 8.03. The highest BCUT2D eigenvalue weighted by molar-refractivity contribution is 5.73. The van der Waals surface area contributed by atoms with Crippen LogP contribution >= 0.6 is 0 Å². The summed E-state index contributed by atoms with van der Waals surface area (Å²) in [5.41, 5.74) is 0.927. The fourth-order valence-electron chi connectivity index (χ4n) is 3.12. The van der Waals surface area contributed by atoms with Crippen LogP contribution in [0.5, 0.6) is 11.5 Å². The molecular weight excluding hydrogens is 296 g/mol. The third kappa shape index (κ3) is 4.51. The molecule has 2 atom stereocenters. The van der Waals surface area contributed by atoms with Crippen LogP contribution < -0.4 is 14.8 Å². The van der Waals surface area contributed by atoms with E-state index in [0.29, 0.717) is 6.42 Å². The number of carboxylic acids is 1. The van der Waals surface area contributed by atoms with Crippen LogP contribution in [0.1, 0.15) is 26.2 Å². The highest BCUT2D eigenvalue weighted by Gasteiger charge is 2.29. The average molecular weight is 322 g/mol. The lowest BCUT2D eigenvalue weighted by atomic mass is 10.0. The second kappa shape index (κ2) is 8.06. The molecule has 1 aliphatic rings. The highest BCUT2D eigenvalue weighted by atomic mass is 16.5. The van der Waals surface area contributed by atoms with Gasteiger partial charge in [0.25, 0.3) is 0 Å². The van der Waals surface area contributed by atoms with Gasteiger partial charge in [0.1, 0.15) is 17.5 Å². The maximum absolute atomic E-state index is 11.4. The van der Waals surface area contributed by atoms with E-state index in [1.54, 1.807) is 14.2 Å². The number of carboxylic acid groups (broad SMARTS) is 1. The summed E-state index contributed by atoms with van der Waals surface area (Å²) in [6.45, 7) is 3.48.